The number of hydrogen-bond donors (Lipinski definition) is 4. The van der Waals surface area contributed by atoms with E-state index in [-0.39, 0.29) is 36.7 Å². The summed E-state index contributed by atoms with van der Waals surface area (Å²) in [5.41, 5.74) is 0.413. The first-order chi connectivity index (χ1) is 17.2. The number of benzene rings is 2. The van der Waals surface area contributed by atoms with Crippen LogP contribution in [0.4, 0.5) is 5.95 Å². The van der Waals surface area contributed by atoms with Crippen molar-refractivity contribution in [3.63, 3.8) is 0 Å². The normalized spacial score (nSPS) is 12.9. The van der Waals surface area contributed by atoms with Gasteiger partial charge in [0.2, 0.25) is 5.95 Å². The maximum atomic E-state index is 12.7. The third kappa shape index (κ3) is 5.31. The number of nitrogens with one attached hydrogen (secondary N) is 2. The van der Waals surface area contributed by atoms with Crippen molar-refractivity contribution >= 4 is 23.1 Å². The average Bonchev–Trinajstić information content (AvgIpc) is 3.20. The summed E-state index contributed by atoms with van der Waals surface area (Å²) >= 11 is 0. The van der Waals surface area contributed by atoms with Crippen molar-refractivity contribution < 1.29 is 19.7 Å². The van der Waals surface area contributed by atoms with E-state index in [1.807, 2.05) is 55.5 Å². The van der Waals surface area contributed by atoms with Gasteiger partial charge in [0.25, 0.3) is 5.56 Å². The minimum atomic E-state index is -1.12. The molecule has 36 heavy (non-hydrogen) atoms. The van der Waals surface area contributed by atoms with Crippen LogP contribution < -0.4 is 21.3 Å². The van der Waals surface area contributed by atoms with Crippen molar-refractivity contribution in [1.82, 2.24) is 19.1 Å². The fourth-order valence-corrected chi connectivity index (χ4v) is 3.90. The number of para-hydroxylation sites is 1. The molecule has 2 aromatic heterocycles. The Labute approximate surface area is 205 Å². The van der Waals surface area contributed by atoms with Crippen LogP contribution >= 0.6 is 0 Å². The monoisotopic (exact) mass is 493 g/mol. The van der Waals surface area contributed by atoms with Crippen molar-refractivity contribution in [2.24, 2.45) is 7.05 Å². The predicted octanol–water partition coefficient (Wildman–Crippen LogP) is 1.28. The number of nitrogens with zero attached hydrogens (tertiary/aromatic N) is 3. The maximum absolute atomic E-state index is 12.7. The topological polar surface area (TPSA) is 151 Å². The van der Waals surface area contributed by atoms with E-state index in [4.69, 9.17) is 4.74 Å². The van der Waals surface area contributed by atoms with Gasteiger partial charge in [0.05, 0.1) is 6.54 Å². The Kier molecular flexibility index (Phi) is 7.20. The number of aryl methyl sites for hydroxylation is 2. The van der Waals surface area contributed by atoms with Crippen LogP contribution in [-0.4, -0.2) is 54.0 Å². The number of aromatic nitrogens is 4. The van der Waals surface area contributed by atoms with E-state index in [0.717, 1.165) is 15.7 Å². The van der Waals surface area contributed by atoms with Crippen molar-refractivity contribution in [1.29, 1.82) is 0 Å². The number of aliphatic hydroxyl groups excluding tert-OH is 1. The number of fused-ring (bicyclic) bond motifs is 1. The molecule has 188 valence electrons. The highest BCUT2D eigenvalue weighted by molar-refractivity contribution is 5.79. The van der Waals surface area contributed by atoms with E-state index < -0.39 is 29.4 Å². The number of aliphatic hydroxyl groups is 1. The summed E-state index contributed by atoms with van der Waals surface area (Å²) in [6, 6.07) is 15.3. The molecule has 0 aliphatic heterocycles. The molecule has 2 heterocycles. The lowest BCUT2D eigenvalue weighted by Crippen LogP contribution is -2.34. The highest BCUT2D eigenvalue weighted by Crippen LogP contribution is 2.20. The summed E-state index contributed by atoms with van der Waals surface area (Å²) in [6.45, 7) is 1.66. The summed E-state index contributed by atoms with van der Waals surface area (Å²) in [5, 5.41) is 23.5. The van der Waals surface area contributed by atoms with Crippen LogP contribution in [0.1, 0.15) is 11.1 Å². The molecule has 0 saturated carbocycles. The van der Waals surface area contributed by atoms with Gasteiger partial charge in [-0.3, -0.25) is 14.3 Å². The Morgan fingerprint density at radius 2 is 1.83 bits per heavy atom. The minimum Gasteiger partial charge on any atom is -0.491 e. The van der Waals surface area contributed by atoms with Crippen LogP contribution in [0.2, 0.25) is 0 Å². The summed E-state index contributed by atoms with van der Waals surface area (Å²) in [5.74, 6) is -0.474. The number of aliphatic carboxylic acids is 1. The molecule has 2 aromatic carbocycles. The lowest BCUT2D eigenvalue weighted by molar-refractivity contribution is -0.137. The summed E-state index contributed by atoms with van der Waals surface area (Å²) in [4.78, 5) is 43.5. The lowest BCUT2D eigenvalue weighted by Gasteiger charge is -2.19. The number of anilines is 1. The minimum absolute atomic E-state index is 0.0263. The second kappa shape index (κ2) is 10.5. The third-order valence-electron chi connectivity index (χ3n) is 5.81. The van der Waals surface area contributed by atoms with E-state index in [2.05, 4.69) is 15.3 Å². The Morgan fingerprint density at radius 1 is 1.14 bits per heavy atom. The second-order valence-corrected chi connectivity index (χ2v) is 8.49. The van der Waals surface area contributed by atoms with Gasteiger partial charge in [-0.05, 0) is 24.1 Å². The number of H-pyrrole nitrogens is 1. The molecule has 0 amide bonds. The molecule has 2 atom stereocenters. The van der Waals surface area contributed by atoms with Gasteiger partial charge in [-0.15, -0.1) is 0 Å². The van der Waals surface area contributed by atoms with Crippen LogP contribution in [0.15, 0.2) is 64.2 Å². The van der Waals surface area contributed by atoms with Gasteiger partial charge in [0, 0.05) is 13.5 Å². The molecule has 0 aliphatic rings. The van der Waals surface area contributed by atoms with Crippen LogP contribution in [0.25, 0.3) is 11.2 Å². The average molecular weight is 494 g/mol. The van der Waals surface area contributed by atoms with Gasteiger partial charge in [0.1, 0.15) is 24.5 Å². The Bertz CT molecular complexity index is 1490. The molecular formula is C25H27N5O6. The number of carboxylic acids is 1. The number of hydrogen-bond acceptors (Lipinski definition) is 7. The fraction of sp³-hybridized carbons (Fsp3) is 0.280. The molecule has 11 nitrogen and oxygen atoms in total. The van der Waals surface area contributed by atoms with Crippen molar-refractivity contribution in [3.8, 4) is 5.75 Å². The predicted molar refractivity (Wildman–Crippen MR) is 133 cm³/mol. The molecule has 0 bridgehead atoms. The highest BCUT2D eigenvalue weighted by atomic mass is 16.5. The molecule has 4 N–H and O–H groups in total. The Morgan fingerprint density at radius 3 is 2.53 bits per heavy atom. The lowest BCUT2D eigenvalue weighted by atomic mass is 10.1. The fourth-order valence-electron chi connectivity index (χ4n) is 3.90. The highest BCUT2D eigenvalue weighted by Gasteiger charge is 2.25. The summed E-state index contributed by atoms with van der Waals surface area (Å²) < 4.78 is 8.26. The number of carbonyl (C=O) groups is 1. The Hall–Kier alpha value is -4.38. The number of ether oxygens (including phenoxy) is 1. The van der Waals surface area contributed by atoms with Gasteiger partial charge < -0.3 is 24.8 Å². The molecule has 0 saturated heterocycles. The van der Waals surface area contributed by atoms with Gasteiger partial charge in [-0.1, -0.05) is 48.5 Å². The van der Waals surface area contributed by atoms with Crippen LogP contribution in [0.5, 0.6) is 5.75 Å². The molecule has 4 rings (SSSR count). The first-order valence-electron chi connectivity index (χ1n) is 11.3. The third-order valence-corrected chi connectivity index (χ3v) is 5.81. The molecule has 4 aromatic rings. The zero-order valence-electron chi connectivity index (χ0n) is 19.8. The quantitative estimate of drug-likeness (QED) is 0.258. The summed E-state index contributed by atoms with van der Waals surface area (Å²) in [6.07, 6.45) is -0.926. The second-order valence-electron chi connectivity index (χ2n) is 8.49. The smallest absolute Gasteiger partial charge is 0.329 e. The molecule has 0 spiro atoms. The number of rotatable bonds is 10. The van der Waals surface area contributed by atoms with Gasteiger partial charge >= 0.3 is 11.7 Å². The van der Waals surface area contributed by atoms with E-state index in [1.54, 1.807) is 6.07 Å². The number of aromatic amines is 1. The van der Waals surface area contributed by atoms with Gasteiger partial charge in [-0.25, -0.2) is 9.59 Å². The van der Waals surface area contributed by atoms with Crippen molar-refractivity contribution in [3.05, 3.63) is 86.6 Å². The molecule has 11 heteroatoms. The zero-order chi connectivity index (χ0) is 25.8. The molecule has 0 aliphatic carbocycles. The maximum Gasteiger partial charge on any atom is 0.329 e. The SMILES string of the molecule is Cc1ccccc1OC[C@@H](O)Cn1c(N[C@@H](Cc2ccccc2)C(=O)O)nc2c1c(=O)[nH]c(=O)n2C. The molecule has 0 fully saturated rings. The van der Waals surface area contributed by atoms with E-state index in [1.165, 1.54) is 11.6 Å². The number of imidazole rings is 1. The van der Waals surface area contributed by atoms with E-state index >= 15 is 0 Å². The first-order valence-corrected chi connectivity index (χ1v) is 11.3. The molecule has 0 radical (unpaired) electrons. The van der Waals surface area contributed by atoms with E-state index in [9.17, 15) is 24.6 Å². The van der Waals surface area contributed by atoms with Crippen molar-refractivity contribution in [2.45, 2.75) is 32.0 Å². The van der Waals surface area contributed by atoms with Crippen molar-refractivity contribution in [2.75, 3.05) is 11.9 Å². The molecule has 0 unspecified atom stereocenters. The standard InChI is InChI=1S/C25H27N5O6/c1-15-8-6-7-11-19(15)36-14-17(31)13-30-20-21(29(2)25(35)28-22(20)32)27-24(30)26-18(23(33)34)12-16-9-4-3-5-10-16/h3-11,17-18,31H,12-14H2,1-2H3,(H,26,27)(H,33,34)(H,28,32,35)/t17-,18-/m0/s1. The van der Waals surface area contributed by atoms with Gasteiger partial charge in [0.15, 0.2) is 11.2 Å². The van der Waals surface area contributed by atoms with E-state index in [0.29, 0.717) is 5.75 Å². The first kappa shape index (κ1) is 24.7. The molecular weight excluding hydrogens is 466 g/mol. The van der Waals surface area contributed by atoms with Crippen LogP contribution in [0, 0.1) is 6.92 Å². The summed E-state index contributed by atoms with van der Waals surface area (Å²) in [7, 11) is 1.44. The number of carboxylic acid groups (broad SMARTS) is 1. The van der Waals surface area contributed by atoms with Crippen LogP contribution in [0.3, 0.4) is 0 Å². The largest absolute Gasteiger partial charge is 0.491 e. The van der Waals surface area contributed by atoms with Crippen LogP contribution in [-0.2, 0) is 24.8 Å². The zero-order valence-corrected chi connectivity index (χ0v) is 19.8. The van der Waals surface area contributed by atoms with Gasteiger partial charge in [-0.2, -0.15) is 4.98 Å². The Balaban J connectivity index is 1.67.